The summed E-state index contributed by atoms with van der Waals surface area (Å²) in [5, 5.41) is 2.21. The maximum absolute atomic E-state index is 11.3. The molecule has 20 heavy (non-hydrogen) atoms. The molecule has 0 atom stereocenters. The molecule has 2 aromatic carbocycles. The molecule has 0 aliphatic rings. The van der Waals surface area contributed by atoms with Crippen LogP contribution in [0.3, 0.4) is 0 Å². The van der Waals surface area contributed by atoms with Crippen LogP contribution in [0, 0.1) is 6.92 Å². The average molecular weight is 263 g/mol. The van der Waals surface area contributed by atoms with Crippen molar-refractivity contribution in [1.82, 2.24) is 9.97 Å². The lowest BCUT2D eigenvalue weighted by molar-refractivity contribution is 0.0990. The van der Waals surface area contributed by atoms with Gasteiger partial charge in [-0.1, -0.05) is 42.5 Å². The molecule has 4 heteroatoms. The van der Waals surface area contributed by atoms with Crippen LogP contribution in [-0.2, 0) is 0 Å². The molecule has 4 nitrogen and oxygen atoms in total. The summed E-state index contributed by atoms with van der Waals surface area (Å²) in [7, 11) is 0. The number of fused-ring (bicyclic) bond motifs is 1. The molecule has 1 aromatic heterocycles. The number of carbonyl (C=O) groups excluding carboxylic acids is 1. The number of nitrogens with two attached hydrogens (primary N) is 1. The first-order valence-corrected chi connectivity index (χ1v) is 6.29. The Bertz CT molecular complexity index is 806. The summed E-state index contributed by atoms with van der Waals surface area (Å²) in [5.41, 5.74) is 7.68. The Kier molecular flexibility index (Phi) is 2.91. The van der Waals surface area contributed by atoms with E-state index in [1.807, 2.05) is 55.5 Å². The van der Waals surface area contributed by atoms with E-state index in [-0.39, 0.29) is 5.82 Å². The quantitative estimate of drug-likeness (QED) is 0.772. The predicted octanol–water partition coefficient (Wildman–Crippen LogP) is 2.70. The van der Waals surface area contributed by atoms with Gasteiger partial charge in [-0.15, -0.1) is 0 Å². The first kappa shape index (κ1) is 12.3. The monoisotopic (exact) mass is 263 g/mol. The van der Waals surface area contributed by atoms with Crippen molar-refractivity contribution in [3.8, 4) is 11.3 Å². The first-order valence-electron chi connectivity index (χ1n) is 6.29. The zero-order chi connectivity index (χ0) is 14.1. The van der Waals surface area contributed by atoms with Gasteiger partial charge in [0.1, 0.15) is 0 Å². The topological polar surface area (TPSA) is 68.9 Å². The molecule has 3 aromatic rings. The third-order valence-electron chi connectivity index (χ3n) is 3.14. The third kappa shape index (κ3) is 2.12. The number of carbonyl (C=O) groups is 1. The molecule has 0 spiro atoms. The SMILES string of the molecule is Cc1cc(-c2cccc3ccccc23)nc(C(N)=O)n1. The highest BCUT2D eigenvalue weighted by molar-refractivity contribution is 5.96. The van der Waals surface area contributed by atoms with Gasteiger partial charge in [0, 0.05) is 11.3 Å². The van der Waals surface area contributed by atoms with Gasteiger partial charge in [0.25, 0.3) is 5.91 Å². The summed E-state index contributed by atoms with van der Waals surface area (Å²) >= 11 is 0. The van der Waals surface area contributed by atoms with Gasteiger partial charge in [0.05, 0.1) is 5.69 Å². The number of primary amides is 1. The number of amides is 1. The minimum absolute atomic E-state index is 0.0490. The Hall–Kier alpha value is -2.75. The van der Waals surface area contributed by atoms with Crippen molar-refractivity contribution in [3.63, 3.8) is 0 Å². The van der Waals surface area contributed by atoms with Crippen molar-refractivity contribution < 1.29 is 4.79 Å². The minimum atomic E-state index is -0.616. The van der Waals surface area contributed by atoms with E-state index in [0.29, 0.717) is 5.69 Å². The van der Waals surface area contributed by atoms with Gasteiger partial charge >= 0.3 is 0 Å². The van der Waals surface area contributed by atoms with Crippen molar-refractivity contribution in [2.45, 2.75) is 6.92 Å². The fourth-order valence-corrected chi connectivity index (χ4v) is 2.27. The molecule has 0 aliphatic carbocycles. The fourth-order valence-electron chi connectivity index (χ4n) is 2.27. The number of hydrogen-bond acceptors (Lipinski definition) is 3. The molecule has 98 valence electrons. The normalized spacial score (nSPS) is 10.7. The van der Waals surface area contributed by atoms with Gasteiger partial charge in [0.2, 0.25) is 5.82 Å². The van der Waals surface area contributed by atoms with Crippen LogP contribution < -0.4 is 5.73 Å². The van der Waals surface area contributed by atoms with E-state index >= 15 is 0 Å². The fraction of sp³-hybridized carbons (Fsp3) is 0.0625. The summed E-state index contributed by atoms with van der Waals surface area (Å²) < 4.78 is 0. The maximum atomic E-state index is 11.3. The molecule has 0 fully saturated rings. The molecule has 0 radical (unpaired) electrons. The number of aryl methyl sites for hydroxylation is 1. The smallest absolute Gasteiger partial charge is 0.286 e. The van der Waals surface area contributed by atoms with E-state index in [0.717, 1.165) is 22.0 Å². The van der Waals surface area contributed by atoms with Gasteiger partial charge in [-0.25, -0.2) is 9.97 Å². The van der Waals surface area contributed by atoms with Crippen molar-refractivity contribution in [1.29, 1.82) is 0 Å². The largest absolute Gasteiger partial charge is 0.363 e. The van der Waals surface area contributed by atoms with E-state index in [1.54, 1.807) is 0 Å². The molecule has 1 heterocycles. The molecular weight excluding hydrogens is 250 g/mol. The molecule has 2 N–H and O–H groups in total. The highest BCUT2D eigenvalue weighted by Gasteiger charge is 2.10. The van der Waals surface area contributed by atoms with Crippen LogP contribution in [0.1, 0.15) is 16.3 Å². The lowest BCUT2D eigenvalue weighted by Crippen LogP contribution is -2.16. The van der Waals surface area contributed by atoms with Crippen molar-refractivity contribution in [2.75, 3.05) is 0 Å². The standard InChI is InChI=1S/C16H13N3O/c1-10-9-14(19-16(18-10)15(17)20)13-8-4-6-11-5-2-3-7-12(11)13/h2-9H,1H3,(H2,17,20). The Morgan fingerprint density at radius 3 is 2.60 bits per heavy atom. The second-order valence-electron chi connectivity index (χ2n) is 4.61. The molecule has 0 aliphatic heterocycles. The number of aromatic nitrogens is 2. The van der Waals surface area contributed by atoms with Crippen molar-refractivity contribution >= 4 is 16.7 Å². The van der Waals surface area contributed by atoms with Gasteiger partial charge in [-0.05, 0) is 23.8 Å². The summed E-state index contributed by atoms with van der Waals surface area (Å²) in [5.74, 6) is -0.567. The second-order valence-corrected chi connectivity index (χ2v) is 4.61. The van der Waals surface area contributed by atoms with Crippen LogP contribution in [0.2, 0.25) is 0 Å². The number of benzene rings is 2. The first-order chi connectivity index (χ1) is 9.65. The zero-order valence-electron chi connectivity index (χ0n) is 11.0. The Morgan fingerprint density at radius 1 is 1.05 bits per heavy atom. The summed E-state index contributed by atoms with van der Waals surface area (Å²) in [4.78, 5) is 19.6. The predicted molar refractivity (Wildman–Crippen MR) is 78.2 cm³/mol. The highest BCUT2D eigenvalue weighted by Crippen LogP contribution is 2.27. The molecule has 0 saturated heterocycles. The lowest BCUT2D eigenvalue weighted by atomic mass is 10.0. The van der Waals surface area contributed by atoms with Gasteiger partial charge in [0.15, 0.2) is 0 Å². The Balaban J connectivity index is 2.28. The van der Waals surface area contributed by atoms with Gasteiger partial charge in [-0.3, -0.25) is 4.79 Å². The van der Waals surface area contributed by atoms with Gasteiger partial charge in [-0.2, -0.15) is 0 Å². The van der Waals surface area contributed by atoms with Crippen LogP contribution in [0.4, 0.5) is 0 Å². The lowest BCUT2D eigenvalue weighted by Gasteiger charge is -2.07. The van der Waals surface area contributed by atoms with Crippen LogP contribution >= 0.6 is 0 Å². The summed E-state index contributed by atoms with van der Waals surface area (Å²) in [6.07, 6.45) is 0. The van der Waals surface area contributed by atoms with E-state index in [1.165, 1.54) is 0 Å². The Morgan fingerprint density at radius 2 is 1.80 bits per heavy atom. The number of hydrogen-bond donors (Lipinski definition) is 1. The maximum Gasteiger partial charge on any atom is 0.286 e. The van der Waals surface area contributed by atoms with Crippen LogP contribution in [0.5, 0.6) is 0 Å². The average Bonchev–Trinajstić information content (AvgIpc) is 2.46. The summed E-state index contributed by atoms with van der Waals surface area (Å²) in [6.45, 7) is 1.82. The van der Waals surface area contributed by atoms with Gasteiger partial charge < -0.3 is 5.73 Å². The van der Waals surface area contributed by atoms with E-state index < -0.39 is 5.91 Å². The molecule has 1 amide bonds. The number of rotatable bonds is 2. The van der Waals surface area contributed by atoms with Crippen molar-refractivity contribution in [2.24, 2.45) is 5.73 Å². The highest BCUT2D eigenvalue weighted by atomic mass is 16.1. The van der Waals surface area contributed by atoms with Crippen LogP contribution in [-0.4, -0.2) is 15.9 Å². The van der Waals surface area contributed by atoms with E-state index in [4.69, 9.17) is 5.73 Å². The second kappa shape index (κ2) is 4.74. The Labute approximate surface area is 116 Å². The number of nitrogens with zero attached hydrogens (tertiary/aromatic N) is 2. The molecular formula is C16H13N3O. The van der Waals surface area contributed by atoms with Crippen molar-refractivity contribution in [3.05, 3.63) is 60.0 Å². The third-order valence-corrected chi connectivity index (χ3v) is 3.14. The molecule has 3 rings (SSSR count). The minimum Gasteiger partial charge on any atom is -0.363 e. The van der Waals surface area contributed by atoms with Crippen LogP contribution in [0.15, 0.2) is 48.5 Å². The molecule has 0 saturated carbocycles. The molecule has 0 unspecified atom stereocenters. The summed E-state index contributed by atoms with van der Waals surface area (Å²) in [6, 6.07) is 15.9. The van der Waals surface area contributed by atoms with Crippen LogP contribution in [0.25, 0.3) is 22.0 Å². The zero-order valence-corrected chi connectivity index (χ0v) is 11.0. The van der Waals surface area contributed by atoms with E-state index in [9.17, 15) is 4.79 Å². The molecule has 0 bridgehead atoms. The van der Waals surface area contributed by atoms with E-state index in [2.05, 4.69) is 9.97 Å².